The third kappa shape index (κ3) is 1.44. The van der Waals surface area contributed by atoms with Crippen LogP contribution in [0.3, 0.4) is 0 Å². The lowest BCUT2D eigenvalue weighted by atomic mass is 9.69. The lowest BCUT2D eigenvalue weighted by Gasteiger charge is -2.40. The first-order valence-corrected chi connectivity index (χ1v) is 6.82. The summed E-state index contributed by atoms with van der Waals surface area (Å²) in [6.07, 6.45) is 4.18. The number of rotatable bonds is 0. The van der Waals surface area contributed by atoms with Crippen LogP contribution in [0, 0.1) is 0 Å². The molecular weight excluding hydrogens is 228 g/mol. The third-order valence-electron chi connectivity index (χ3n) is 4.74. The highest BCUT2D eigenvalue weighted by atomic mass is 16.7. The van der Waals surface area contributed by atoms with E-state index in [1.165, 1.54) is 5.56 Å². The van der Waals surface area contributed by atoms with Gasteiger partial charge in [-0.25, -0.2) is 0 Å². The molecule has 0 radical (unpaired) electrons. The molecule has 0 bridgehead atoms. The summed E-state index contributed by atoms with van der Waals surface area (Å²) in [4.78, 5) is 0. The molecule has 96 valence electrons. The highest BCUT2D eigenvalue weighted by Crippen LogP contribution is 2.51. The third-order valence-corrected chi connectivity index (χ3v) is 4.74. The van der Waals surface area contributed by atoms with Gasteiger partial charge < -0.3 is 14.2 Å². The van der Waals surface area contributed by atoms with Crippen LogP contribution in [0.2, 0.25) is 0 Å². The van der Waals surface area contributed by atoms with Gasteiger partial charge >= 0.3 is 0 Å². The van der Waals surface area contributed by atoms with Gasteiger partial charge in [0.25, 0.3) is 0 Å². The Kier molecular flexibility index (Phi) is 2.24. The molecule has 1 aromatic rings. The minimum absolute atomic E-state index is 0.206. The van der Waals surface area contributed by atoms with Gasteiger partial charge in [-0.05, 0) is 18.9 Å². The summed E-state index contributed by atoms with van der Waals surface area (Å²) in [6, 6.07) is 8.46. The Labute approximate surface area is 107 Å². The Bertz CT molecular complexity index is 453. The van der Waals surface area contributed by atoms with Crippen molar-refractivity contribution in [2.45, 2.75) is 36.9 Å². The van der Waals surface area contributed by atoms with Crippen LogP contribution in [-0.4, -0.2) is 25.6 Å². The zero-order valence-electron chi connectivity index (χ0n) is 10.5. The van der Waals surface area contributed by atoms with E-state index in [9.17, 15) is 0 Å². The van der Waals surface area contributed by atoms with Crippen LogP contribution in [-0.2, 0) is 14.9 Å². The molecule has 3 aliphatic rings. The average molecular weight is 246 g/mol. The van der Waals surface area contributed by atoms with E-state index in [4.69, 9.17) is 14.2 Å². The maximum Gasteiger partial charge on any atom is 0.168 e. The Hall–Kier alpha value is -1.06. The molecule has 1 saturated carbocycles. The number of para-hydroxylation sites is 1. The van der Waals surface area contributed by atoms with Crippen LogP contribution < -0.4 is 4.74 Å². The summed E-state index contributed by atoms with van der Waals surface area (Å²) in [6.45, 7) is 2.32. The van der Waals surface area contributed by atoms with Gasteiger partial charge in [0.15, 0.2) is 5.79 Å². The summed E-state index contributed by atoms with van der Waals surface area (Å²) in [5, 5.41) is 0. The van der Waals surface area contributed by atoms with Crippen molar-refractivity contribution in [3.05, 3.63) is 29.8 Å². The van der Waals surface area contributed by atoms with Gasteiger partial charge in [0.1, 0.15) is 5.75 Å². The largest absolute Gasteiger partial charge is 0.492 e. The molecular formula is C15H18O3. The first-order chi connectivity index (χ1) is 8.82. The first kappa shape index (κ1) is 10.8. The van der Waals surface area contributed by atoms with Crippen molar-refractivity contribution in [1.82, 2.24) is 0 Å². The van der Waals surface area contributed by atoms with Crippen molar-refractivity contribution in [3.63, 3.8) is 0 Å². The number of ether oxygens (including phenoxy) is 3. The van der Waals surface area contributed by atoms with Crippen molar-refractivity contribution >= 4 is 0 Å². The van der Waals surface area contributed by atoms with Gasteiger partial charge in [0.05, 0.1) is 19.8 Å². The topological polar surface area (TPSA) is 27.7 Å². The number of hydrogen-bond acceptors (Lipinski definition) is 3. The second-order valence-corrected chi connectivity index (χ2v) is 5.67. The lowest BCUT2D eigenvalue weighted by molar-refractivity contribution is -0.185. The van der Waals surface area contributed by atoms with E-state index in [1.54, 1.807) is 0 Å². The Morgan fingerprint density at radius 3 is 2.39 bits per heavy atom. The van der Waals surface area contributed by atoms with Gasteiger partial charge in [0.2, 0.25) is 0 Å². The number of fused-ring (bicyclic) bond motifs is 2. The molecule has 2 spiro atoms. The summed E-state index contributed by atoms with van der Waals surface area (Å²) in [5.74, 6) is 0.796. The normalized spacial score (nSPS) is 27.3. The second kappa shape index (κ2) is 3.72. The van der Waals surface area contributed by atoms with Gasteiger partial charge in [-0.3, -0.25) is 0 Å². The molecule has 2 aliphatic heterocycles. The quantitative estimate of drug-likeness (QED) is 0.704. The molecule has 1 aliphatic carbocycles. The van der Waals surface area contributed by atoms with Crippen LogP contribution in [0.1, 0.15) is 31.2 Å². The molecule has 0 N–H and O–H groups in total. The van der Waals surface area contributed by atoms with E-state index in [-0.39, 0.29) is 11.2 Å². The molecule has 3 nitrogen and oxygen atoms in total. The molecule has 4 rings (SSSR count). The summed E-state index contributed by atoms with van der Waals surface area (Å²) in [5.41, 5.74) is 1.59. The van der Waals surface area contributed by atoms with Crippen molar-refractivity contribution in [3.8, 4) is 5.75 Å². The van der Waals surface area contributed by atoms with Crippen LogP contribution in [0.15, 0.2) is 24.3 Å². The van der Waals surface area contributed by atoms with Gasteiger partial charge in [0, 0.05) is 23.8 Å². The highest BCUT2D eigenvalue weighted by Gasteiger charge is 2.50. The summed E-state index contributed by atoms with van der Waals surface area (Å²) in [7, 11) is 0. The van der Waals surface area contributed by atoms with Crippen LogP contribution in [0.4, 0.5) is 0 Å². The van der Waals surface area contributed by atoms with Crippen LogP contribution in [0.25, 0.3) is 0 Å². The monoisotopic (exact) mass is 246 g/mol. The number of benzene rings is 1. The van der Waals surface area contributed by atoms with E-state index in [1.807, 2.05) is 6.07 Å². The van der Waals surface area contributed by atoms with E-state index in [0.717, 1.165) is 51.3 Å². The molecule has 18 heavy (non-hydrogen) atoms. The van der Waals surface area contributed by atoms with Crippen LogP contribution >= 0.6 is 0 Å². The maximum atomic E-state index is 5.86. The van der Waals surface area contributed by atoms with Gasteiger partial charge in [-0.2, -0.15) is 0 Å². The Morgan fingerprint density at radius 1 is 0.889 bits per heavy atom. The summed E-state index contributed by atoms with van der Waals surface area (Å²) < 4.78 is 17.5. The SMILES string of the molecule is c1ccc2c(c1)OCC21CCC2(CC1)OCCO2. The molecule has 1 saturated heterocycles. The fraction of sp³-hybridized carbons (Fsp3) is 0.600. The molecule has 2 heterocycles. The Balaban J connectivity index is 1.61. The molecule has 2 fully saturated rings. The smallest absolute Gasteiger partial charge is 0.168 e. The summed E-state index contributed by atoms with van der Waals surface area (Å²) >= 11 is 0. The molecule has 0 unspecified atom stereocenters. The standard InChI is InChI=1S/C15H18O3/c1-2-4-13-12(3-1)14(11-16-13)5-7-15(8-6-14)17-9-10-18-15/h1-4H,5-11H2. The molecule has 0 aromatic heterocycles. The predicted octanol–water partition coefficient (Wildman–Crippen LogP) is 2.63. The second-order valence-electron chi connectivity index (χ2n) is 5.67. The fourth-order valence-corrected chi connectivity index (χ4v) is 3.63. The fourth-order valence-electron chi connectivity index (χ4n) is 3.63. The molecule has 1 aromatic carbocycles. The maximum absolute atomic E-state index is 5.86. The zero-order valence-corrected chi connectivity index (χ0v) is 10.5. The van der Waals surface area contributed by atoms with Crippen molar-refractivity contribution in [1.29, 1.82) is 0 Å². The predicted molar refractivity (Wildman–Crippen MR) is 66.7 cm³/mol. The molecule has 0 atom stereocenters. The first-order valence-electron chi connectivity index (χ1n) is 6.82. The molecule has 3 heteroatoms. The van der Waals surface area contributed by atoms with E-state index >= 15 is 0 Å². The van der Waals surface area contributed by atoms with Crippen LogP contribution in [0.5, 0.6) is 5.75 Å². The van der Waals surface area contributed by atoms with Gasteiger partial charge in [-0.1, -0.05) is 18.2 Å². The van der Waals surface area contributed by atoms with E-state index in [0.29, 0.717) is 0 Å². The number of hydrogen-bond donors (Lipinski definition) is 0. The van der Waals surface area contributed by atoms with E-state index < -0.39 is 0 Å². The zero-order chi connectivity index (χ0) is 12.1. The van der Waals surface area contributed by atoms with Crippen molar-refractivity contribution in [2.75, 3.05) is 19.8 Å². The molecule has 0 amide bonds. The van der Waals surface area contributed by atoms with Crippen molar-refractivity contribution in [2.24, 2.45) is 0 Å². The van der Waals surface area contributed by atoms with E-state index in [2.05, 4.69) is 18.2 Å². The Morgan fingerprint density at radius 2 is 1.61 bits per heavy atom. The lowest BCUT2D eigenvalue weighted by Crippen LogP contribution is -2.42. The van der Waals surface area contributed by atoms with Gasteiger partial charge in [-0.15, -0.1) is 0 Å². The van der Waals surface area contributed by atoms with Crippen molar-refractivity contribution < 1.29 is 14.2 Å². The average Bonchev–Trinajstić information content (AvgIpc) is 3.01. The minimum atomic E-state index is -0.275. The highest BCUT2D eigenvalue weighted by molar-refractivity contribution is 5.44. The minimum Gasteiger partial charge on any atom is -0.492 e.